The Morgan fingerprint density at radius 2 is 2.11 bits per heavy atom. The summed E-state index contributed by atoms with van der Waals surface area (Å²) in [6, 6.07) is 1.79. The molecule has 0 bridgehead atoms. The molecule has 18 heavy (non-hydrogen) atoms. The number of nitrogens with one attached hydrogen (secondary N) is 2. The lowest BCUT2D eigenvalue weighted by Gasteiger charge is -2.11. The number of hydrogen-bond donors (Lipinski definition) is 2. The summed E-state index contributed by atoms with van der Waals surface area (Å²) in [5.41, 5.74) is 0. The zero-order valence-electron chi connectivity index (χ0n) is 11.2. The molecule has 0 spiro atoms. The SMILES string of the molecule is CCCNc1nccc(NCCC(=O)N(C)C)n1. The molecule has 6 nitrogen and oxygen atoms in total. The molecule has 0 saturated carbocycles. The predicted octanol–water partition coefficient (Wildman–Crippen LogP) is 1.19. The Morgan fingerprint density at radius 1 is 1.33 bits per heavy atom. The number of hydrogen-bond acceptors (Lipinski definition) is 5. The van der Waals surface area contributed by atoms with Crippen molar-refractivity contribution >= 4 is 17.7 Å². The Morgan fingerprint density at radius 3 is 2.78 bits per heavy atom. The van der Waals surface area contributed by atoms with Crippen molar-refractivity contribution in [1.29, 1.82) is 0 Å². The van der Waals surface area contributed by atoms with E-state index in [0.717, 1.165) is 18.8 Å². The number of rotatable bonds is 7. The maximum atomic E-state index is 11.4. The quantitative estimate of drug-likeness (QED) is 0.761. The first-order valence-corrected chi connectivity index (χ1v) is 6.14. The molecule has 0 aliphatic heterocycles. The van der Waals surface area contributed by atoms with Crippen LogP contribution < -0.4 is 10.6 Å². The summed E-state index contributed by atoms with van der Waals surface area (Å²) in [6.45, 7) is 3.51. The fourth-order valence-electron chi connectivity index (χ4n) is 1.30. The van der Waals surface area contributed by atoms with Gasteiger partial charge in [-0.15, -0.1) is 0 Å². The highest BCUT2D eigenvalue weighted by atomic mass is 16.2. The molecule has 2 N–H and O–H groups in total. The van der Waals surface area contributed by atoms with Crippen LogP contribution in [-0.2, 0) is 4.79 Å². The minimum atomic E-state index is 0.0980. The maximum Gasteiger partial charge on any atom is 0.224 e. The molecule has 0 atom stereocenters. The molecule has 1 aromatic rings. The van der Waals surface area contributed by atoms with E-state index in [1.54, 1.807) is 31.3 Å². The highest BCUT2D eigenvalue weighted by Crippen LogP contribution is 2.05. The van der Waals surface area contributed by atoms with Gasteiger partial charge in [-0.1, -0.05) is 6.92 Å². The molecule has 1 aromatic heterocycles. The molecular formula is C12H21N5O. The summed E-state index contributed by atoms with van der Waals surface area (Å²) in [5, 5.41) is 6.22. The molecule has 0 aromatic carbocycles. The van der Waals surface area contributed by atoms with Crippen LogP contribution in [0, 0.1) is 0 Å². The summed E-state index contributed by atoms with van der Waals surface area (Å²) >= 11 is 0. The molecule has 1 amide bonds. The van der Waals surface area contributed by atoms with Crippen LogP contribution in [-0.4, -0.2) is 48.0 Å². The van der Waals surface area contributed by atoms with Crippen LogP contribution in [0.3, 0.4) is 0 Å². The minimum Gasteiger partial charge on any atom is -0.369 e. The van der Waals surface area contributed by atoms with Gasteiger partial charge in [0.1, 0.15) is 5.82 Å². The van der Waals surface area contributed by atoms with Crippen molar-refractivity contribution in [2.75, 3.05) is 37.8 Å². The van der Waals surface area contributed by atoms with Gasteiger partial charge in [0.2, 0.25) is 11.9 Å². The Labute approximate surface area is 108 Å². The van der Waals surface area contributed by atoms with E-state index in [0.29, 0.717) is 18.9 Å². The van der Waals surface area contributed by atoms with Crippen LogP contribution in [0.15, 0.2) is 12.3 Å². The second kappa shape index (κ2) is 7.47. The first-order chi connectivity index (χ1) is 8.63. The average molecular weight is 251 g/mol. The third-order valence-corrected chi connectivity index (χ3v) is 2.33. The van der Waals surface area contributed by atoms with Crippen LogP contribution in [0.2, 0.25) is 0 Å². The van der Waals surface area contributed by atoms with Crippen molar-refractivity contribution in [2.24, 2.45) is 0 Å². The lowest BCUT2D eigenvalue weighted by molar-refractivity contribution is -0.128. The molecule has 0 aliphatic rings. The first-order valence-electron chi connectivity index (χ1n) is 6.14. The van der Waals surface area contributed by atoms with Gasteiger partial charge in [-0.25, -0.2) is 4.98 Å². The van der Waals surface area contributed by atoms with Gasteiger partial charge in [-0.3, -0.25) is 4.79 Å². The summed E-state index contributed by atoms with van der Waals surface area (Å²) in [7, 11) is 3.50. The standard InChI is InChI=1S/C12H21N5O/c1-4-7-14-12-15-8-5-10(16-12)13-9-6-11(18)17(2)3/h5,8H,4,6-7,9H2,1-3H3,(H2,13,14,15,16). The van der Waals surface area contributed by atoms with Crippen LogP contribution in [0.4, 0.5) is 11.8 Å². The highest BCUT2D eigenvalue weighted by Gasteiger charge is 2.03. The molecule has 0 saturated heterocycles. The smallest absolute Gasteiger partial charge is 0.224 e. The van der Waals surface area contributed by atoms with Crippen molar-refractivity contribution in [1.82, 2.24) is 14.9 Å². The number of carbonyl (C=O) groups excluding carboxylic acids is 1. The number of aromatic nitrogens is 2. The number of amides is 1. The average Bonchev–Trinajstić information content (AvgIpc) is 2.36. The van der Waals surface area contributed by atoms with E-state index in [1.165, 1.54) is 0 Å². The molecule has 1 heterocycles. The number of anilines is 2. The van der Waals surface area contributed by atoms with Crippen molar-refractivity contribution in [3.63, 3.8) is 0 Å². The summed E-state index contributed by atoms with van der Waals surface area (Å²) in [4.78, 5) is 21.4. The zero-order valence-corrected chi connectivity index (χ0v) is 11.2. The van der Waals surface area contributed by atoms with Crippen LogP contribution >= 0.6 is 0 Å². The van der Waals surface area contributed by atoms with Gasteiger partial charge in [0.25, 0.3) is 0 Å². The molecule has 100 valence electrons. The van der Waals surface area contributed by atoms with Crippen molar-refractivity contribution in [3.8, 4) is 0 Å². The molecule has 6 heteroatoms. The van der Waals surface area contributed by atoms with Crippen molar-refractivity contribution in [3.05, 3.63) is 12.3 Å². The van der Waals surface area contributed by atoms with Crippen LogP contribution in [0.1, 0.15) is 19.8 Å². The van der Waals surface area contributed by atoms with Gasteiger partial charge in [0.05, 0.1) is 0 Å². The third-order valence-electron chi connectivity index (χ3n) is 2.33. The van der Waals surface area contributed by atoms with Crippen molar-refractivity contribution < 1.29 is 4.79 Å². The molecule has 1 rings (SSSR count). The van der Waals surface area contributed by atoms with Crippen LogP contribution in [0.25, 0.3) is 0 Å². The van der Waals surface area contributed by atoms with Gasteiger partial charge >= 0.3 is 0 Å². The van der Waals surface area contributed by atoms with Gasteiger partial charge in [-0.2, -0.15) is 4.98 Å². The van der Waals surface area contributed by atoms with Crippen molar-refractivity contribution in [2.45, 2.75) is 19.8 Å². The largest absolute Gasteiger partial charge is 0.369 e. The monoisotopic (exact) mass is 251 g/mol. The van der Waals surface area contributed by atoms with E-state index in [2.05, 4.69) is 27.5 Å². The fraction of sp³-hybridized carbons (Fsp3) is 0.583. The Kier molecular flexibility index (Phi) is 5.90. The second-order valence-corrected chi connectivity index (χ2v) is 4.16. The lowest BCUT2D eigenvalue weighted by Crippen LogP contribution is -2.24. The zero-order chi connectivity index (χ0) is 13.4. The van der Waals surface area contributed by atoms with E-state index in [9.17, 15) is 4.79 Å². The Hall–Kier alpha value is -1.85. The topological polar surface area (TPSA) is 70.2 Å². The Balaban J connectivity index is 2.40. The molecule has 0 fully saturated rings. The van der Waals surface area contributed by atoms with E-state index in [1.807, 2.05) is 0 Å². The van der Waals surface area contributed by atoms with Gasteiger partial charge in [0.15, 0.2) is 0 Å². The van der Waals surface area contributed by atoms with E-state index >= 15 is 0 Å². The third kappa shape index (κ3) is 4.99. The summed E-state index contributed by atoms with van der Waals surface area (Å²) in [6.07, 6.45) is 3.17. The van der Waals surface area contributed by atoms with E-state index < -0.39 is 0 Å². The lowest BCUT2D eigenvalue weighted by atomic mass is 10.4. The molecule has 0 unspecified atom stereocenters. The summed E-state index contributed by atoms with van der Waals surface area (Å²) in [5.74, 6) is 1.44. The van der Waals surface area contributed by atoms with Crippen LogP contribution in [0.5, 0.6) is 0 Å². The van der Waals surface area contributed by atoms with E-state index in [4.69, 9.17) is 0 Å². The second-order valence-electron chi connectivity index (χ2n) is 4.16. The Bertz CT molecular complexity index is 380. The number of nitrogens with zero attached hydrogens (tertiary/aromatic N) is 3. The van der Waals surface area contributed by atoms with Gasteiger partial charge < -0.3 is 15.5 Å². The molecular weight excluding hydrogens is 230 g/mol. The maximum absolute atomic E-state index is 11.4. The fourth-order valence-corrected chi connectivity index (χ4v) is 1.30. The molecule has 0 aliphatic carbocycles. The first kappa shape index (κ1) is 14.2. The van der Waals surface area contributed by atoms with Gasteiger partial charge in [-0.05, 0) is 12.5 Å². The highest BCUT2D eigenvalue weighted by molar-refractivity contribution is 5.76. The predicted molar refractivity (Wildman–Crippen MR) is 72.6 cm³/mol. The minimum absolute atomic E-state index is 0.0980. The summed E-state index contributed by atoms with van der Waals surface area (Å²) < 4.78 is 0. The van der Waals surface area contributed by atoms with Gasteiger partial charge in [0, 0.05) is 39.8 Å². The molecule has 0 radical (unpaired) electrons. The number of carbonyl (C=O) groups is 1. The normalized spacial score (nSPS) is 9.94. The van der Waals surface area contributed by atoms with E-state index in [-0.39, 0.29) is 5.91 Å².